The lowest BCUT2D eigenvalue weighted by atomic mass is 10.1. The van der Waals surface area contributed by atoms with Gasteiger partial charge >= 0.3 is 5.69 Å². The number of nitro groups is 1. The normalized spacial score (nSPS) is 10.2. The Balaban J connectivity index is 2.41. The molecule has 5 nitrogen and oxygen atoms in total. The second-order valence-corrected chi connectivity index (χ2v) is 5.85. The fraction of sp³-hybridized carbons (Fsp3) is 0.0714. The molecule has 0 saturated carbocycles. The van der Waals surface area contributed by atoms with Crippen molar-refractivity contribution in [1.29, 1.82) is 0 Å². The number of rotatable bonds is 4. The van der Waals surface area contributed by atoms with E-state index < -0.39 is 4.92 Å². The maximum atomic E-state index is 11.4. The predicted octanol–water partition coefficient (Wildman–Crippen LogP) is 5.11. The second kappa shape index (κ2) is 6.36. The average molecular weight is 415 g/mol. The topological polar surface area (TPSA) is 69.4 Å². The largest absolute Gasteiger partial charge is 0.449 e. The monoisotopic (exact) mass is 413 g/mol. The van der Waals surface area contributed by atoms with Gasteiger partial charge in [0.25, 0.3) is 0 Å². The molecule has 21 heavy (non-hydrogen) atoms. The lowest BCUT2D eigenvalue weighted by molar-refractivity contribution is -0.385. The van der Waals surface area contributed by atoms with Gasteiger partial charge in [0.05, 0.1) is 9.40 Å². The van der Waals surface area contributed by atoms with E-state index in [9.17, 15) is 14.9 Å². The third-order valence-corrected chi connectivity index (χ3v) is 3.96. The van der Waals surface area contributed by atoms with E-state index in [1.807, 2.05) is 0 Å². The molecule has 2 aromatic rings. The summed E-state index contributed by atoms with van der Waals surface area (Å²) in [6.45, 7) is 1.46. The molecule has 0 aliphatic carbocycles. The Morgan fingerprint density at radius 2 is 1.90 bits per heavy atom. The van der Waals surface area contributed by atoms with Gasteiger partial charge in [0.15, 0.2) is 5.78 Å². The van der Waals surface area contributed by atoms with Crippen LogP contribution in [-0.2, 0) is 0 Å². The van der Waals surface area contributed by atoms with Gasteiger partial charge in [0, 0.05) is 16.1 Å². The summed E-state index contributed by atoms with van der Waals surface area (Å²) in [5, 5.41) is 11.0. The highest BCUT2D eigenvalue weighted by molar-refractivity contribution is 9.10. The highest BCUT2D eigenvalue weighted by Gasteiger charge is 2.19. The number of ether oxygens (including phenoxy) is 1. The first-order valence-electron chi connectivity index (χ1n) is 5.81. The number of carbonyl (C=O) groups is 1. The summed E-state index contributed by atoms with van der Waals surface area (Å²) in [5.41, 5.74) is 0.375. The Hall–Kier alpha value is -1.73. The Kier molecular flexibility index (Phi) is 4.74. The molecular weight excluding hydrogens is 406 g/mol. The van der Waals surface area contributed by atoms with Crippen LogP contribution in [0, 0.1) is 10.1 Å². The minimum Gasteiger partial charge on any atom is -0.449 e. The zero-order chi connectivity index (χ0) is 15.6. The molecule has 0 atom stereocenters. The lowest BCUT2D eigenvalue weighted by Crippen LogP contribution is -1.96. The Morgan fingerprint density at radius 3 is 2.48 bits per heavy atom. The molecule has 0 aliphatic heterocycles. The minimum atomic E-state index is -0.515. The quantitative estimate of drug-likeness (QED) is 0.395. The van der Waals surface area contributed by atoms with Crippen LogP contribution in [0.15, 0.2) is 45.3 Å². The van der Waals surface area contributed by atoms with Crippen molar-refractivity contribution < 1.29 is 14.5 Å². The van der Waals surface area contributed by atoms with E-state index in [2.05, 4.69) is 31.9 Å². The maximum absolute atomic E-state index is 11.4. The first-order valence-corrected chi connectivity index (χ1v) is 7.40. The van der Waals surface area contributed by atoms with Gasteiger partial charge in [-0.05, 0) is 63.0 Å². The smallest absolute Gasteiger partial charge is 0.312 e. The Labute approximate surface area is 137 Å². The minimum absolute atomic E-state index is 0.0831. The molecule has 0 spiro atoms. The zero-order valence-electron chi connectivity index (χ0n) is 10.8. The van der Waals surface area contributed by atoms with E-state index in [0.29, 0.717) is 20.3 Å². The predicted molar refractivity (Wildman–Crippen MR) is 85.0 cm³/mol. The SMILES string of the molecule is CC(=O)c1ccc(Oc2c(Br)cccc2[N+](=O)[O-])cc1Br. The highest BCUT2D eigenvalue weighted by Crippen LogP contribution is 2.38. The summed E-state index contributed by atoms with van der Waals surface area (Å²) in [7, 11) is 0. The van der Waals surface area contributed by atoms with Crippen LogP contribution in [-0.4, -0.2) is 10.7 Å². The molecule has 108 valence electrons. The number of benzene rings is 2. The molecular formula is C14H9Br2NO4. The van der Waals surface area contributed by atoms with E-state index >= 15 is 0 Å². The van der Waals surface area contributed by atoms with E-state index in [4.69, 9.17) is 4.74 Å². The van der Waals surface area contributed by atoms with E-state index in [0.717, 1.165) is 0 Å². The number of para-hydroxylation sites is 1. The highest BCUT2D eigenvalue weighted by atomic mass is 79.9. The Bertz CT molecular complexity index is 731. The molecule has 0 radical (unpaired) electrons. The van der Waals surface area contributed by atoms with Crippen LogP contribution in [0.4, 0.5) is 5.69 Å². The molecule has 0 aromatic heterocycles. The number of hydrogen-bond acceptors (Lipinski definition) is 4. The molecule has 2 rings (SSSR count). The van der Waals surface area contributed by atoms with Gasteiger partial charge in [-0.15, -0.1) is 0 Å². The molecule has 7 heteroatoms. The van der Waals surface area contributed by atoms with Crippen LogP contribution in [0.25, 0.3) is 0 Å². The molecule has 0 fully saturated rings. The summed E-state index contributed by atoms with van der Waals surface area (Å²) < 4.78 is 6.63. The average Bonchev–Trinajstić information content (AvgIpc) is 2.40. The van der Waals surface area contributed by atoms with Crippen molar-refractivity contribution in [3.05, 3.63) is 61.0 Å². The van der Waals surface area contributed by atoms with E-state index in [1.165, 1.54) is 13.0 Å². The van der Waals surface area contributed by atoms with E-state index in [1.54, 1.807) is 30.3 Å². The second-order valence-electron chi connectivity index (χ2n) is 4.15. The summed E-state index contributed by atoms with van der Waals surface area (Å²) >= 11 is 6.51. The first-order chi connectivity index (χ1) is 9.90. The van der Waals surface area contributed by atoms with Crippen molar-refractivity contribution in [2.45, 2.75) is 6.92 Å². The Morgan fingerprint density at radius 1 is 1.19 bits per heavy atom. The van der Waals surface area contributed by atoms with Crippen molar-refractivity contribution in [2.24, 2.45) is 0 Å². The van der Waals surface area contributed by atoms with Gasteiger partial charge in [0.2, 0.25) is 5.75 Å². The maximum Gasteiger partial charge on any atom is 0.312 e. The summed E-state index contributed by atoms with van der Waals surface area (Å²) in [4.78, 5) is 21.9. The van der Waals surface area contributed by atoms with Crippen molar-refractivity contribution in [1.82, 2.24) is 0 Å². The number of ketones is 1. The van der Waals surface area contributed by atoms with Gasteiger partial charge < -0.3 is 4.74 Å². The summed E-state index contributed by atoms with van der Waals surface area (Å²) in [6.07, 6.45) is 0. The fourth-order valence-electron chi connectivity index (χ4n) is 1.70. The van der Waals surface area contributed by atoms with Crippen molar-refractivity contribution in [2.75, 3.05) is 0 Å². The molecule has 0 saturated heterocycles. The number of halogens is 2. The summed E-state index contributed by atoms with van der Waals surface area (Å²) in [5.74, 6) is 0.423. The van der Waals surface area contributed by atoms with Gasteiger partial charge in [-0.25, -0.2) is 0 Å². The van der Waals surface area contributed by atoms with Gasteiger partial charge in [-0.1, -0.05) is 6.07 Å². The fourth-order valence-corrected chi connectivity index (χ4v) is 2.78. The number of nitrogens with zero attached hydrogens (tertiary/aromatic N) is 1. The number of Topliss-reactive ketones (excluding diaryl/α,β-unsaturated/α-hetero) is 1. The molecule has 0 N–H and O–H groups in total. The van der Waals surface area contributed by atoms with Crippen molar-refractivity contribution >= 4 is 43.3 Å². The number of carbonyl (C=O) groups excluding carboxylic acids is 1. The summed E-state index contributed by atoms with van der Waals surface area (Å²) in [6, 6.07) is 9.36. The molecule has 0 unspecified atom stereocenters. The van der Waals surface area contributed by atoms with Gasteiger partial charge in [-0.2, -0.15) is 0 Å². The molecule has 0 amide bonds. The van der Waals surface area contributed by atoms with Crippen LogP contribution >= 0.6 is 31.9 Å². The van der Waals surface area contributed by atoms with Crippen LogP contribution in [0.1, 0.15) is 17.3 Å². The molecule has 0 bridgehead atoms. The number of hydrogen-bond donors (Lipinski definition) is 0. The van der Waals surface area contributed by atoms with Crippen LogP contribution in [0.2, 0.25) is 0 Å². The lowest BCUT2D eigenvalue weighted by Gasteiger charge is -2.09. The van der Waals surface area contributed by atoms with Gasteiger partial charge in [-0.3, -0.25) is 14.9 Å². The van der Waals surface area contributed by atoms with Crippen molar-refractivity contribution in [3.8, 4) is 11.5 Å². The van der Waals surface area contributed by atoms with Crippen LogP contribution in [0.3, 0.4) is 0 Å². The molecule has 2 aromatic carbocycles. The molecule has 0 aliphatic rings. The standard InChI is InChI=1S/C14H9Br2NO4/c1-8(18)10-6-5-9(7-12(10)16)21-14-11(15)3-2-4-13(14)17(19)20/h2-7H,1H3. The molecule has 0 heterocycles. The third kappa shape index (κ3) is 3.48. The van der Waals surface area contributed by atoms with Crippen LogP contribution < -0.4 is 4.74 Å². The van der Waals surface area contributed by atoms with Crippen molar-refractivity contribution in [3.63, 3.8) is 0 Å². The first kappa shape index (κ1) is 15.7. The van der Waals surface area contributed by atoms with Crippen LogP contribution in [0.5, 0.6) is 11.5 Å². The van der Waals surface area contributed by atoms with Gasteiger partial charge in [0.1, 0.15) is 5.75 Å². The number of nitro benzene ring substituents is 1. The van der Waals surface area contributed by atoms with E-state index in [-0.39, 0.29) is 17.2 Å². The zero-order valence-corrected chi connectivity index (χ0v) is 14.0. The third-order valence-electron chi connectivity index (χ3n) is 2.68.